The third-order valence-electron chi connectivity index (χ3n) is 4.66. The van der Waals surface area contributed by atoms with Crippen LogP contribution in [0.2, 0.25) is 0 Å². The van der Waals surface area contributed by atoms with Gasteiger partial charge in [0.05, 0.1) is 27.0 Å². The normalized spacial score (nSPS) is 14.4. The van der Waals surface area contributed by atoms with Crippen molar-refractivity contribution in [2.75, 3.05) is 34.1 Å². The zero-order valence-electron chi connectivity index (χ0n) is 16.2. The maximum atomic E-state index is 12.2. The van der Waals surface area contributed by atoms with E-state index in [2.05, 4.69) is 14.9 Å². The van der Waals surface area contributed by atoms with Gasteiger partial charge in [-0.15, -0.1) is 0 Å². The highest BCUT2D eigenvalue weighted by Gasteiger charge is 2.25. The molecule has 0 spiro atoms. The molecule has 0 atom stereocenters. The molecule has 2 heterocycles. The van der Waals surface area contributed by atoms with E-state index in [9.17, 15) is 13.2 Å². The number of benzene rings is 1. The zero-order chi connectivity index (χ0) is 20.5. The van der Waals surface area contributed by atoms with Gasteiger partial charge in [-0.2, -0.15) is 0 Å². The van der Waals surface area contributed by atoms with Gasteiger partial charge in [-0.1, -0.05) is 6.07 Å². The second kappa shape index (κ2) is 7.80. The highest BCUT2D eigenvalue weighted by Crippen LogP contribution is 2.40. The van der Waals surface area contributed by atoms with Crippen LogP contribution < -0.4 is 19.8 Å². The van der Waals surface area contributed by atoms with Crippen LogP contribution in [0.3, 0.4) is 0 Å². The van der Waals surface area contributed by atoms with Crippen molar-refractivity contribution in [2.45, 2.75) is 24.7 Å². The lowest BCUT2D eigenvalue weighted by Gasteiger charge is -2.28. The minimum Gasteiger partial charge on any atom is -0.493 e. The molecule has 2 aromatic rings. The van der Waals surface area contributed by atoms with Crippen molar-refractivity contribution >= 4 is 9.84 Å². The molecule has 0 bridgehead atoms. The fraction of sp³-hybridized carbons (Fsp3) is 0.444. The van der Waals surface area contributed by atoms with E-state index < -0.39 is 15.4 Å². The Kier molecular flexibility index (Phi) is 5.61. The Labute approximate surface area is 163 Å². The number of aromatic nitrogens is 2. The fourth-order valence-corrected chi connectivity index (χ4v) is 3.86. The first-order valence-corrected chi connectivity index (χ1v) is 10.5. The summed E-state index contributed by atoms with van der Waals surface area (Å²) in [4.78, 5) is 20.8. The number of hydrogen-bond acceptors (Lipinski definition) is 8. The molecule has 0 saturated heterocycles. The van der Waals surface area contributed by atoms with Gasteiger partial charge >= 0.3 is 0 Å². The summed E-state index contributed by atoms with van der Waals surface area (Å²) in [6.07, 6.45) is 1.50. The highest BCUT2D eigenvalue weighted by atomic mass is 32.2. The van der Waals surface area contributed by atoms with Gasteiger partial charge in [0.1, 0.15) is 0 Å². The first-order valence-electron chi connectivity index (χ1n) is 8.60. The number of nitrogens with zero attached hydrogens (tertiary/aromatic N) is 2. The number of sulfone groups is 1. The van der Waals surface area contributed by atoms with Gasteiger partial charge in [-0.25, -0.2) is 13.4 Å². The summed E-state index contributed by atoms with van der Waals surface area (Å²) in [5, 5.41) is -0.304. The largest absolute Gasteiger partial charge is 0.493 e. The van der Waals surface area contributed by atoms with E-state index in [1.165, 1.54) is 0 Å². The summed E-state index contributed by atoms with van der Waals surface area (Å²) in [6.45, 7) is 1.51. The van der Waals surface area contributed by atoms with Crippen molar-refractivity contribution in [3.8, 4) is 17.2 Å². The first-order chi connectivity index (χ1) is 13.3. The van der Waals surface area contributed by atoms with Crippen LogP contribution in [0.1, 0.15) is 16.8 Å². The Morgan fingerprint density at radius 1 is 1.14 bits per heavy atom. The number of methoxy groups -OCH3 is 3. The SMILES string of the molecule is COc1ccc(CN2CCc3c(nc(S(C)(=O)=O)[nH]c3=O)C2)c(OC)c1OC. The maximum absolute atomic E-state index is 12.2. The molecule has 152 valence electrons. The molecular weight excluding hydrogens is 386 g/mol. The summed E-state index contributed by atoms with van der Waals surface area (Å²) in [5.74, 6) is 1.65. The van der Waals surface area contributed by atoms with Gasteiger partial charge < -0.3 is 14.2 Å². The molecule has 1 aliphatic rings. The Balaban J connectivity index is 1.91. The van der Waals surface area contributed by atoms with E-state index in [1.807, 2.05) is 6.07 Å². The smallest absolute Gasteiger partial charge is 0.255 e. The van der Waals surface area contributed by atoms with Crippen LogP contribution in [-0.2, 0) is 29.3 Å². The molecule has 9 nitrogen and oxygen atoms in total. The lowest BCUT2D eigenvalue weighted by molar-refractivity contribution is 0.233. The number of aromatic amines is 1. The predicted octanol–water partition coefficient (Wildman–Crippen LogP) is 0.758. The van der Waals surface area contributed by atoms with Crippen molar-refractivity contribution < 1.29 is 22.6 Å². The lowest BCUT2D eigenvalue weighted by Crippen LogP contribution is -2.35. The van der Waals surface area contributed by atoms with Gasteiger partial charge in [0, 0.05) is 37.0 Å². The van der Waals surface area contributed by atoms with Crippen LogP contribution in [-0.4, -0.2) is 57.4 Å². The molecule has 1 aromatic carbocycles. The van der Waals surface area contributed by atoms with Gasteiger partial charge in [0.15, 0.2) is 11.5 Å². The second-order valence-electron chi connectivity index (χ2n) is 6.52. The van der Waals surface area contributed by atoms with Crippen LogP contribution in [0.4, 0.5) is 0 Å². The molecule has 0 amide bonds. The topological polar surface area (TPSA) is 111 Å². The van der Waals surface area contributed by atoms with Crippen molar-refractivity contribution in [1.82, 2.24) is 14.9 Å². The van der Waals surface area contributed by atoms with E-state index in [1.54, 1.807) is 27.4 Å². The first kappa shape index (κ1) is 20.2. The van der Waals surface area contributed by atoms with Gasteiger partial charge in [0.2, 0.25) is 20.7 Å². The van der Waals surface area contributed by atoms with Crippen LogP contribution in [0.5, 0.6) is 17.2 Å². The van der Waals surface area contributed by atoms with Crippen molar-refractivity contribution in [3.05, 3.63) is 39.3 Å². The zero-order valence-corrected chi connectivity index (χ0v) is 17.1. The van der Waals surface area contributed by atoms with Crippen molar-refractivity contribution in [3.63, 3.8) is 0 Å². The van der Waals surface area contributed by atoms with Gasteiger partial charge in [-0.05, 0) is 12.5 Å². The molecule has 0 fully saturated rings. The fourth-order valence-electron chi connectivity index (χ4n) is 3.31. The molecule has 1 N–H and O–H groups in total. The van der Waals surface area contributed by atoms with Crippen molar-refractivity contribution in [1.29, 1.82) is 0 Å². The molecule has 0 aliphatic carbocycles. The number of ether oxygens (including phenoxy) is 3. The molecule has 28 heavy (non-hydrogen) atoms. The van der Waals surface area contributed by atoms with E-state index in [0.29, 0.717) is 54.6 Å². The predicted molar refractivity (Wildman–Crippen MR) is 102 cm³/mol. The van der Waals surface area contributed by atoms with Gasteiger partial charge in [-0.3, -0.25) is 14.7 Å². The Hall–Kier alpha value is -2.59. The third kappa shape index (κ3) is 3.83. The van der Waals surface area contributed by atoms with E-state index in [-0.39, 0.29) is 5.16 Å². The minimum atomic E-state index is -3.60. The number of rotatable bonds is 6. The molecule has 10 heteroatoms. The summed E-state index contributed by atoms with van der Waals surface area (Å²) in [7, 11) is 1.07. The quantitative estimate of drug-likeness (QED) is 0.696. The van der Waals surface area contributed by atoms with Crippen LogP contribution in [0.25, 0.3) is 0 Å². The van der Waals surface area contributed by atoms with E-state index >= 15 is 0 Å². The van der Waals surface area contributed by atoms with Crippen LogP contribution >= 0.6 is 0 Å². The maximum Gasteiger partial charge on any atom is 0.255 e. The summed E-state index contributed by atoms with van der Waals surface area (Å²) in [6, 6.07) is 3.70. The Bertz CT molecular complexity index is 1050. The molecule has 1 aliphatic heterocycles. The minimum absolute atomic E-state index is 0.304. The summed E-state index contributed by atoms with van der Waals surface area (Å²) < 4.78 is 39.8. The van der Waals surface area contributed by atoms with E-state index in [0.717, 1.165) is 11.8 Å². The summed E-state index contributed by atoms with van der Waals surface area (Å²) >= 11 is 0. The molecule has 1 aromatic heterocycles. The summed E-state index contributed by atoms with van der Waals surface area (Å²) in [5.41, 5.74) is 1.50. The Morgan fingerprint density at radius 2 is 1.86 bits per heavy atom. The van der Waals surface area contributed by atoms with E-state index in [4.69, 9.17) is 14.2 Å². The highest BCUT2D eigenvalue weighted by molar-refractivity contribution is 7.90. The average molecular weight is 409 g/mol. The van der Waals surface area contributed by atoms with Crippen LogP contribution in [0, 0.1) is 0 Å². The second-order valence-corrected chi connectivity index (χ2v) is 8.45. The van der Waals surface area contributed by atoms with Crippen LogP contribution in [0.15, 0.2) is 22.1 Å². The monoisotopic (exact) mass is 409 g/mol. The number of hydrogen-bond donors (Lipinski definition) is 1. The molecule has 0 unspecified atom stereocenters. The van der Waals surface area contributed by atoms with Gasteiger partial charge in [0.25, 0.3) is 5.56 Å². The number of nitrogens with one attached hydrogen (secondary N) is 1. The average Bonchev–Trinajstić information content (AvgIpc) is 2.66. The third-order valence-corrected chi connectivity index (χ3v) is 5.56. The molecule has 0 radical (unpaired) electrons. The number of H-pyrrole nitrogens is 1. The molecular formula is C18H23N3O6S. The number of fused-ring (bicyclic) bond motifs is 1. The molecule has 0 saturated carbocycles. The molecule has 3 rings (SSSR count). The Morgan fingerprint density at radius 3 is 2.46 bits per heavy atom. The standard InChI is InChI=1S/C18H23N3O6S/c1-25-14-6-5-11(15(26-2)16(14)27-3)9-21-8-7-12-13(10-21)19-18(20-17(12)22)28(4,23)24/h5-6H,7-10H2,1-4H3,(H,19,20,22). The lowest BCUT2D eigenvalue weighted by atomic mass is 10.1. The van der Waals surface area contributed by atoms with Crippen molar-refractivity contribution in [2.24, 2.45) is 0 Å².